The Labute approximate surface area is 197 Å². The van der Waals surface area contributed by atoms with Gasteiger partial charge in [0.15, 0.2) is 0 Å². The van der Waals surface area contributed by atoms with Gasteiger partial charge < -0.3 is 14.4 Å². The first-order chi connectivity index (χ1) is 16.0. The van der Waals surface area contributed by atoms with Gasteiger partial charge in [0, 0.05) is 24.2 Å². The molecule has 4 heteroatoms. The Balaban J connectivity index is 1.39. The molecule has 1 amide bonds. The van der Waals surface area contributed by atoms with Crippen LogP contribution in [0, 0.1) is 19.8 Å². The molecular formula is C29H33NO3. The van der Waals surface area contributed by atoms with E-state index in [0.717, 1.165) is 49.4 Å². The normalized spacial score (nSPS) is 14.2. The number of piperidine rings is 1. The van der Waals surface area contributed by atoms with Crippen LogP contribution in [0.2, 0.25) is 0 Å². The first kappa shape index (κ1) is 22.9. The number of methoxy groups -OCH3 is 1. The van der Waals surface area contributed by atoms with Crippen molar-refractivity contribution in [3.8, 4) is 11.5 Å². The van der Waals surface area contributed by atoms with Crippen LogP contribution >= 0.6 is 0 Å². The van der Waals surface area contributed by atoms with Crippen molar-refractivity contribution in [3.63, 3.8) is 0 Å². The zero-order chi connectivity index (χ0) is 23.2. The van der Waals surface area contributed by atoms with Crippen LogP contribution in [0.5, 0.6) is 11.5 Å². The molecular weight excluding hydrogens is 410 g/mol. The Morgan fingerprint density at radius 1 is 0.939 bits per heavy atom. The Morgan fingerprint density at radius 2 is 1.70 bits per heavy atom. The van der Waals surface area contributed by atoms with Crippen LogP contribution < -0.4 is 9.47 Å². The van der Waals surface area contributed by atoms with E-state index < -0.39 is 0 Å². The Hall–Kier alpha value is -3.27. The van der Waals surface area contributed by atoms with Crippen LogP contribution in [0.15, 0.2) is 66.7 Å². The third kappa shape index (κ3) is 5.75. The molecule has 4 nitrogen and oxygen atoms in total. The summed E-state index contributed by atoms with van der Waals surface area (Å²) in [5.74, 6) is 2.27. The first-order valence-corrected chi connectivity index (χ1v) is 11.7. The van der Waals surface area contributed by atoms with Crippen molar-refractivity contribution < 1.29 is 14.3 Å². The van der Waals surface area contributed by atoms with Crippen LogP contribution in [0.4, 0.5) is 0 Å². The molecule has 172 valence electrons. The summed E-state index contributed by atoms with van der Waals surface area (Å²) in [6.45, 7) is 6.12. The van der Waals surface area contributed by atoms with E-state index in [0.29, 0.717) is 18.1 Å². The fourth-order valence-electron chi connectivity index (χ4n) is 4.46. The van der Waals surface area contributed by atoms with Crippen molar-refractivity contribution in [2.75, 3.05) is 20.2 Å². The highest BCUT2D eigenvalue weighted by atomic mass is 16.5. The predicted molar refractivity (Wildman–Crippen MR) is 132 cm³/mol. The maximum atomic E-state index is 13.2. The average molecular weight is 444 g/mol. The second kappa shape index (κ2) is 10.6. The minimum absolute atomic E-state index is 0.0863. The molecule has 1 saturated heterocycles. The molecule has 0 spiro atoms. The lowest BCUT2D eigenvalue weighted by Crippen LogP contribution is -2.39. The van der Waals surface area contributed by atoms with Crippen molar-refractivity contribution in [1.82, 2.24) is 4.90 Å². The number of rotatable bonds is 7. The lowest BCUT2D eigenvalue weighted by atomic mass is 9.90. The highest BCUT2D eigenvalue weighted by Gasteiger charge is 2.24. The largest absolute Gasteiger partial charge is 0.496 e. The molecule has 1 fully saturated rings. The van der Waals surface area contributed by atoms with E-state index in [-0.39, 0.29) is 5.91 Å². The molecule has 0 radical (unpaired) electrons. The maximum Gasteiger partial charge on any atom is 0.253 e. The molecule has 0 aromatic heterocycles. The van der Waals surface area contributed by atoms with E-state index >= 15 is 0 Å². The lowest BCUT2D eigenvalue weighted by molar-refractivity contribution is 0.0690. The topological polar surface area (TPSA) is 38.8 Å². The van der Waals surface area contributed by atoms with Gasteiger partial charge in [-0.25, -0.2) is 0 Å². The molecule has 0 aliphatic carbocycles. The van der Waals surface area contributed by atoms with E-state index in [4.69, 9.17) is 9.47 Å². The number of benzene rings is 3. The van der Waals surface area contributed by atoms with E-state index in [2.05, 4.69) is 50.2 Å². The quantitative estimate of drug-likeness (QED) is 0.450. The number of carbonyl (C=O) groups excluding carboxylic acids is 1. The number of nitrogens with zero attached hydrogens (tertiary/aromatic N) is 1. The predicted octanol–water partition coefficient (Wildman–Crippen LogP) is 5.99. The standard InChI is InChI=1S/C29H33NO3/c1-21-9-11-27(17-22(21)2)33-20-26-19-25(10-12-28(26)32-3)29(31)30-15-13-24(14-16-30)18-23-7-5-4-6-8-23/h4-12,17,19,24H,13-16,18,20H2,1-3H3. The molecule has 0 unspecified atom stereocenters. The zero-order valence-corrected chi connectivity index (χ0v) is 19.8. The number of ether oxygens (including phenoxy) is 2. The molecule has 3 aromatic rings. The SMILES string of the molecule is COc1ccc(C(=O)N2CCC(Cc3ccccc3)CC2)cc1COc1ccc(C)c(C)c1. The van der Waals surface area contributed by atoms with Crippen LogP contribution in [0.25, 0.3) is 0 Å². The molecule has 1 aliphatic heterocycles. The van der Waals surface area contributed by atoms with Crippen LogP contribution in [0.3, 0.4) is 0 Å². The average Bonchev–Trinajstić information content (AvgIpc) is 2.85. The molecule has 0 bridgehead atoms. The Morgan fingerprint density at radius 3 is 2.39 bits per heavy atom. The summed E-state index contributed by atoms with van der Waals surface area (Å²) in [5.41, 5.74) is 5.38. The Kier molecular flexibility index (Phi) is 7.33. The van der Waals surface area contributed by atoms with Gasteiger partial charge in [0.05, 0.1) is 7.11 Å². The van der Waals surface area contributed by atoms with Crippen molar-refractivity contribution in [2.45, 2.75) is 39.7 Å². The molecule has 1 aliphatic rings. The summed E-state index contributed by atoms with van der Waals surface area (Å²) in [6.07, 6.45) is 3.17. The van der Waals surface area contributed by atoms with E-state index in [1.165, 1.54) is 16.7 Å². The van der Waals surface area contributed by atoms with Gasteiger partial charge in [-0.05, 0) is 86.1 Å². The van der Waals surface area contributed by atoms with Crippen LogP contribution in [-0.4, -0.2) is 31.0 Å². The minimum atomic E-state index is 0.0863. The minimum Gasteiger partial charge on any atom is -0.496 e. The summed E-state index contributed by atoms with van der Waals surface area (Å²) >= 11 is 0. The number of amides is 1. The molecule has 4 rings (SSSR count). The van der Waals surface area contributed by atoms with Gasteiger partial charge in [0.1, 0.15) is 18.1 Å². The molecule has 0 atom stereocenters. The van der Waals surface area contributed by atoms with Gasteiger partial charge in [0.25, 0.3) is 5.91 Å². The molecule has 33 heavy (non-hydrogen) atoms. The highest BCUT2D eigenvalue weighted by molar-refractivity contribution is 5.94. The molecule has 1 heterocycles. The molecule has 0 N–H and O–H groups in total. The van der Waals surface area contributed by atoms with Crippen molar-refractivity contribution >= 4 is 5.91 Å². The highest BCUT2D eigenvalue weighted by Crippen LogP contribution is 2.26. The van der Waals surface area contributed by atoms with Crippen LogP contribution in [0.1, 0.15) is 45.5 Å². The zero-order valence-electron chi connectivity index (χ0n) is 19.8. The van der Waals surface area contributed by atoms with Crippen molar-refractivity contribution in [3.05, 3.63) is 94.5 Å². The second-order valence-corrected chi connectivity index (χ2v) is 8.99. The van der Waals surface area contributed by atoms with Crippen molar-refractivity contribution in [1.29, 1.82) is 0 Å². The smallest absolute Gasteiger partial charge is 0.253 e. The number of carbonyl (C=O) groups is 1. The van der Waals surface area contributed by atoms with Gasteiger partial charge in [-0.3, -0.25) is 4.79 Å². The number of hydrogen-bond acceptors (Lipinski definition) is 3. The maximum absolute atomic E-state index is 13.2. The fourth-order valence-corrected chi connectivity index (χ4v) is 4.46. The number of aryl methyl sites for hydroxylation is 2. The monoisotopic (exact) mass is 443 g/mol. The van der Waals surface area contributed by atoms with Gasteiger partial charge in [-0.1, -0.05) is 36.4 Å². The fraction of sp³-hybridized carbons (Fsp3) is 0.345. The Bertz CT molecular complexity index is 1090. The van der Waals surface area contributed by atoms with E-state index in [1.54, 1.807) is 7.11 Å². The van der Waals surface area contributed by atoms with Crippen LogP contribution in [-0.2, 0) is 13.0 Å². The summed E-state index contributed by atoms with van der Waals surface area (Å²) in [4.78, 5) is 15.2. The van der Waals surface area contributed by atoms with E-state index in [1.807, 2.05) is 35.2 Å². The molecule has 0 saturated carbocycles. The van der Waals surface area contributed by atoms with Gasteiger partial charge in [0.2, 0.25) is 0 Å². The first-order valence-electron chi connectivity index (χ1n) is 11.7. The second-order valence-electron chi connectivity index (χ2n) is 8.99. The number of hydrogen-bond donors (Lipinski definition) is 0. The van der Waals surface area contributed by atoms with E-state index in [9.17, 15) is 4.79 Å². The third-order valence-electron chi connectivity index (χ3n) is 6.67. The van der Waals surface area contributed by atoms with Gasteiger partial charge >= 0.3 is 0 Å². The third-order valence-corrected chi connectivity index (χ3v) is 6.67. The summed E-state index contributed by atoms with van der Waals surface area (Å²) in [6, 6.07) is 22.3. The molecule has 3 aromatic carbocycles. The van der Waals surface area contributed by atoms with Crippen molar-refractivity contribution in [2.24, 2.45) is 5.92 Å². The summed E-state index contributed by atoms with van der Waals surface area (Å²) < 4.78 is 11.5. The van der Waals surface area contributed by atoms with Gasteiger partial charge in [-0.2, -0.15) is 0 Å². The summed E-state index contributed by atoms with van der Waals surface area (Å²) in [5, 5.41) is 0. The number of likely N-dealkylation sites (tertiary alicyclic amines) is 1. The summed E-state index contributed by atoms with van der Waals surface area (Å²) in [7, 11) is 1.65. The lowest BCUT2D eigenvalue weighted by Gasteiger charge is -2.32. The van der Waals surface area contributed by atoms with Gasteiger partial charge in [-0.15, -0.1) is 0 Å².